The summed E-state index contributed by atoms with van der Waals surface area (Å²) in [5.74, 6) is -0.123. The van der Waals surface area contributed by atoms with Crippen LogP contribution in [-0.2, 0) is 0 Å². The number of nitrogens with one attached hydrogen (secondary N) is 1. The van der Waals surface area contributed by atoms with Crippen LogP contribution in [0.2, 0.25) is 0 Å². The lowest BCUT2D eigenvalue weighted by Gasteiger charge is -2.32. The number of nitrogens with zero attached hydrogens (tertiary/aromatic N) is 1. The van der Waals surface area contributed by atoms with Crippen molar-refractivity contribution in [3.05, 3.63) is 66.0 Å². The van der Waals surface area contributed by atoms with Gasteiger partial charge in [-0.3, -0.25) is 0 Å². The zero-order chi connectivity index (χ0) is 13.8. The van der Waals surface area contributed by atoms with E-state index in [1.165, 1.54) is 0 Å². The maximum atomic E-state index is 14.1. The molecule has 0 bridgehead atoms. The van der Waals surface area contributed by atoms with Crippen LogP contribution in [0.5, 0.6) is 0 Å². The molecule has 3 rings (SSSR count). The highest BCUT2D eigenvalue weighted by Crippen LogP contribution is 2.29. The summed E-state index contributed by atoms with van der Waals surface area (Å²) in [5, 5.41) is 3.41. The average molecular weight is 270 g/mol. The number of benzene rings is 2. The topological polar surface area (TPSA) is 15.3 Å². The lowest BCUT2D eigenvalue weighted by molar-refractivity contribution is 0.553. The van der Waals surface area contributed by atoms with E-state index in [0.717, 1.165) is 37.3 Å². The van der Waals surface area contributed by atoms with E-state index in [2.05, 4.69) is 22.3 Å². The fourth-order valence-corrected chi connectivity index (χ4v) is 2.83. The summed E-state index contributed by atoms with van der Waals surface area (Å²) >= 11 is 0. The maximum Gasteiger partial charge on any atom is 0.128 e. The van der Waals surface area contributed by atoms with Crippen molar-refractivity contribution in [1.29, 1.82) is 0 Å². The molecule has 0 aliphatic carbocycles. The van der Waals surface area contributed by atoms with E-state index in [-0.39, 0.29) is 11.9 Å². The smallest absolute Gasteiger partial charge is 0.128 e. The van der Waals surface area contributed by atoms with Crippen LogP contribution in [0.15, 0.2) is 54.6 Å². The van der Waals surface area contributed by atoms with Crippen LogP contribution < -0.4 is 10.2 Å². The number of halogens is 1. The van der Waals surface area contributed by atoms with Gasteiger partial charge in [0.15, 0.2) is 0 Å². The van der Waals surface area contributed by atoms with Gasteiger partial charge in [0, 0.05) is 24.3 Å². The van der Waals surface area contributed by atoms with Crippen molar-refractivity contribution in [3.8, 4) is 0 Å². The third-order valence-corrected chi connectivity index (χ3v) is 3.82. The van der Waals surface area contributed by atoms with E-state index in [4.69, 9.17) is 0 Å². The largest absolute Gasteiger partial charge is 0.363 e. The number of anilines is 1. The molecule has 104 valence electrons. The fraction of sp³-hybridized carbons (Fsp3) is 0.294. The van der Waals surface area contributed by atoms with Crippen LogP contribution in [0.1, 0.15) is 18.0 Å². The first-order valence-electron chi connectivity index (χ1n) is 7.13. The summed E-state index contributed by atoms with van der Waals surface area (Å²) in [4.78, 5) is 2.30. The number of rotatable bonds is 2. The summed E-state index contributed by atoms with van der Waals surface area (Å²) in [6.07, 6.45) is 1.07. The van der Waals surface area contributed by atoms with Crippen molar-refractivity contribution >= 4 is 5.69 Å². The predicted octanol–water partition coefficient (Wildman–Crippen LogP) is 3.37. The lowest BCUT2D eigenvalue weighted by Crippen LogP contribution is -2.33. The van der Waals surface area contributed by atoms with E-state index >= 15 is 0 Å². The van der Waals surface area contributed by atoms with Gasteiger partial charge in [0.2, 0.25) is 0 Å². The molecular weight excluding hydrogens is 251 g/mol. The Bertz CT molecular complexity index is 556. The van der Waals surface area contributed by atoms with Gasteiger partial charge in [0.05, 0.1) is 6.04 Å². The minimum atomic E-state index is -0.123. The van der Waals surface area contributed by atoms with Crippen molar-refractivity contribution in [3.63, 3.8) is 0 Å². The SMILES string of the molecule is Fc1ccccc1[C@H]1CNCCCN1c1ccccc1. The van der Waals surface area contributed by atoms with Crippen LogP contribution in [0.3, 0.4) is 0 Å². The first-order chi connectivity index (χ1) is 9.86. The number of hydrogen-bond donors (Lipinski definition) is 1. The highest BCUT2D eigenvalue weighted by atomic mass is 19.1. The normalized spacial score (nSPS) is 19.6. The van der Waals surface area contributed by atoms with Gasteiger partial charge < -0.3 is 10.2 Å². The van der Waals surface area contributed by atoms with Gasteiger partial charge in [0.1, 0.15) is 5.82 Å². The van der Waals surface area contributed by atoms with Crippen LogP contribution in [-0.4, -0.2) is 19.6 Å². The predicted molar refractivity (Wildman–Crippen MR) is 80.4 cm³/mol. The molecule has 1 N–H and O–H groups in total. The lowest BCUT2D eigenvalue weighted by atomic mass is 10.0. The maximum absolute atomic E-state index is 14.1. The van der Waals surface area contributed by atoms with Gasteiger partial charge in [-0.1, -0.05) is 36.4 Å². The zero-order valence-electron chi connectivity index (χ0n) is 11.4. The Morgan fingerprint density at radius 3 is 2.55 bits per heavy atom. The Kier molecular flexibility index (Phi) is 3.97. The molecule has 1 fully saturated rings. The van der Waals surface area contributed by atoms with Gasteiger partial charge in [-0.25, -0.2) is 4.39 Å². The van der Waals surface area contributed by atoms with E-state index in [9.17, 15) is 4.39 Å². The van der Waals surface area contributed by atoms with E-state index in [1.807, 2.05) is 30.3 Å². The highest BCUT2D eigenvalue weighted by Gasteiger charge is 2.24. The molecule has 0 radical (unpaired) electrons. The van der Waals surface area contributed by atoms with E-state index in [1.54, 1.807) is 12.1 Å². The molecule has 0 amide bonds. The van der Waals surface area contributed by atoms with Gasteiger partial charge in [-0.15, -0.1) is 0 Å². The minimum Gasteiger partial charge on any atom is -0.363 e. The second kappa shape index (κ2) is 6.06. The van der Waals surface area contributed by atoms with E-state index < -0.39 is 0 Å². The third kappa shape index (κ3) is 2.68. The highest BCUT2D eigenvalue weighted by molar-refractivity contribution is 5.49. The van der Waals surface area contributed by atoms with Crippen molar-refractivity contribution in [2.45, 2.75) is 12.5 Å². The first-order valence-corrected chi connectivity index (χ1v) is 7.13. The molecular formula is C17H19FN2. The summed E-state index contributed by atoms with van der Waals surface area (Å²) in [6.45, 7) is 2.69. The standard InChI is InChI=1S/C17H19FN2/c18-16-10-5-4-9-15(16)17-13-19-11-6-12-20(17)14-7-2-1-3-8-14/h1-5,7-10,17,19H,6,11-13H2/t17-/m1/s1. The van der Waals surface area contributed by atoms with Crippen molar-refractivity contribution in [2.24, 2.45) is 0 Å². The van der Waals surface area contributed by atoms with Crippen molar-refractivity contribution < 1.29 is 4.39 Å². The van der Waals surface area contributed by atoms with Crippen LogP contribution in [0, 0.1) is 5.82 Å². The Morgan fingerprint density at radius 1 is 1.00 bits per heavy atom. The summed E-state index contributed by atoms with van der Waals surface area (Å²) < 4.78 is 14.1. The second-order valence-corrected chi connectivity index (χ2v) is 5.12. The summed E-state index contributed by atoms with van der Waals surface area (Å²) in [5.41, 5.74) is 1.93. The quantitative estimate of drug-likeness (QED) is 0.900. The molecule has 1 saturated heterocycles. The molecule has 0 spiro atoms. The van der Waals surface area contributed by atoms with Crippen LogP contribution in [0.25, 0.3) is 0 Å². The van der Waals surface area contributed by atoms with E-state index in [0.29, 0.717) is 0 Å². The monoisotopic (exact) mass is 270 g/mol. The van der Waals surface area contributed by atoms with Gasteiger partial charge in [-0.2, -0.15) is 0 Å². The molecule has 2 aromatic rings. The molecule has 3 heteroatoms. The van der Waals surface area contributed by atoms with Gasteiger partial charge in [0.25, 0.3) is 0 Å². The Hall–Kier alpha value is -1.87. The number of para-hydroxylation sites is 1. The molecule has 1 aliphatic heterocycles. The summed E-state index contributed by atoms with van der Waals surface area (Å²) in [6, 6.07) is 17.4. The molecule has 1 atom stereocenters. The molecule has 0 saturated carbocycles. The first kappa shape index (κ1) is 13.1. The zero-order valence-corrected chi connectivity index (χ0v) is 11.4. The van der Waals surface area contributed by atoms with Gasteiger partial charge in [-0.05, 0) is 31.2 Å². The fourth-order valence-electron chi connectivity index (χ4n) is 2.83. The second-order valence-electron chi connectivity index (χ2n) is 5.12. The molecule has 20 heavy (non-hydrogen) atoms. The van der Waals surface area contributed by atoms with Crippen LogP contribution in [0.4, 0.5) is 10.1 Å². The minimum absolute atomic E-state index is 0.0427. The Morgan fingerprint density at radius 2 is 1.75 bits per heavy atom. The van der Waals surface area contributed by atoms with Crippen molar-refractivity contribution in [1.82, 2.24) is 5.32 Å². The van der Waals surface area contributed by atoms with Crippen LogP contribution >= 0.6 is 0 Å². The third-order valence-electron chi connectivity index (χ3n) is 3.82. The number of hydrogen-bond acceptors (Lipinski definition) is 2. The average Bonchev–Trinajstić information content (AvgIpc) is 2.74. The van der Waals surface area contributed by atoms with Gasteiger partial charge >= 0.3 is 0 Å². The summed E-state index contributed by atoms with van der Waals surface area (Å²) in [7, 11) is 0. The Labute approximate surface area is 119 Å². The molecule has 2 nitrogen and oxygen atoms in total. The molecule has 1 heterocycles. The molecule has 0 unspecified atom stereocenters. The molecule has 2 aromatic carbocycles. The Balaban J connectivity index is 1.98. The van der Waals surface area contributed by atoms with Crippen molar-refractivity contribution in [2.75, 3.05) is 24.5 Å². The molecule has 0 aromatic heterocycles. The molecule has 1 aliphatic rings.